The van der Waals surface area contributed by atoms with Crippen molar-refractivity contribution in [3.8, 4) is 11.5 Å². The second kappa shape index (κ2) is 10.0. The molecule has 31 heavy (non-hydrogen) atoms. The minimum absolute atomic E-state index is 0.284. The van der Waals surface area contributed by atoms with Crippen LogP contribution in [0.1, 0.15) is 42.2 Å². The van der Waals surface area contributed by atoms with Gasteiger partial charge in [0.05, 0.1) is 18.6 Å². The maximum atomic E-state index is 13.3. The van der Waals surface area contributed by atoms with Crippen molar-refractivity contribution < 1.29 is 17.9 Å². The molecule has 2 heterocycles. The Bertz CT molecular complexity index is 970. The summed E-state index contributed by atoms with van der Waals surface area (Å²) < 4.78 is 37.8. The molecule has 1 N–H and O–H groups in total. The van der Waals surface area contributed by atoms with Crippen LogP contribution in [-0.4, -0.2) is 53.2 Å². The molecule has 2 aromatic rings. The smallest absolute Gasteiger partial charge is 0.198 e. The molecule has 1 atom stereocenters. The van der Waals surface area contributed by atoms with Crippen LogP contribution >= 0.6 is 0 Å². The highest BCUT2D eigenvalue weighted by molar-refractivity contribution is 7.91. The number of hydrogen-bond acceptors (Lipinski definition) is 6. The molecular formula is C24H32N2O4S. The van der Waals surface area contributed by atoms with E-state index in [1.54, 1.807) is 31.4 Å². The minimum atomic E-state index is -3.59. The van der Waals surface area contributed by atoms with Crippen LogP contribution in [0.15, 0.2) is 47.4 Å². The van der Waals surface area contributed by atoms with E-state index in [2.05, 4.69) is 10.2 Å². The van der Waals surface area contributed by atoms with Gasteiger partial charge in [-0.15, -0.1) is 0 Å². The lowest BCUT2D eigenvalue weighted by atomic mass is 10.0. The second-order valence-corrected chi connectivity index (χ2v) is 10.3. The van der Waals surface area contributed by atoms with Crippen LogP contribution in [0.5, 0.6) is 11.5 Å². The van der Waals surface area contributed by atoms with Gasteiger partial charge in [-0.1, -0.05) is 12.5 Å². The standard InChI is InChI=1S/C24H32N2O4S/c1-29-20-8-10-22(11-9-20)31(27,28)24-23-18-21(7-6-19(23)12-13-25-24)30-17-5-16-26-14-3-2-4-15-26/h6-11,18,24-25H,2-5,12-17H2,1H3. The number of methoxy groups -OCH3 is 1. The summed E-state index contributed by atoms with van der Waals surface area (Å²) in [7, 11) is -2.02. The number of rotatable bonds is 8. The second-order valence-electron chi connectivity index (χ2n) is 8.27. The fourth-order valence-electron chi connectivity index (χ4n) is 4.42. The van der Waals surface area contributed by atoms with Gasteiger partial charge in [0.2, 0.25) is 0 Å². The number of nitrogens with zero attached hydrogens (tertiary/aromatic N) is 1. The van der Waals surface area contributed by atoms with Gasteiger partial charge >= 0.3 is 0 Å². The number of fused-ring (bicyclic) bond motifs is 1. The van der Waals surface area contributed by atoms with Crippen molar-refractivity contribution in [1.29, 1.82) is 0 Å². The van der Waals surface area contributed by atoms with E-state index in [1.165, 1.54) is 32.4 Å². The predicted molar refractivity (Wildman–Crippen MR) is 121 cm³/mol. The highest BCUT2D eigenvalue weighted by Crippen LogP contribution is 2.34. The summed E-state index contributed by atoms with van der Waals surface area (Å²) in [4.78, 5) is 2.78. The Morgan fingerprint density at radius 3 is 2.52 bits per heavy atom. The van der Waals surface area contributed by atoms with Crippen LogP contribution in [0.25, 0.3) is 0 Å². The van der Waals surface area contributed by atoms with Crippen molar-refractivity contribution in [2.45, 2.75) is 42.4 Å². The van der Waals surface area contributed by atoms with Crippen LogP contribution in [-0.2, 0) is 16.3 Å². The van der Waals surface area contributed by atoms with Crippen molar-refractivity contribution in [2.24, 2.45) is 0 Å². The van der Waals surface area contributed by atoms with Gasteiger partial charge in [-0.2, -0.15) is 0 Å². The van der Waals surface area contributed by atoms with E-state index in [4.69, 9.17) is 9.47 Å². The number of piperidine rings is 1. The van der Waals surface area contributed by atoms with E-state index in [9.17, 15) is 8.42 Å². The Morgan fingerprint density at radius 1 is 1.03 bits per heavy atom. The normalized spacial score (nSPS) is 19.6. The Labute approximate surface area is 185 Å². The molecule has 4 rings (SSSR count). The van der Waals surface area contributed by atoms with Crippen LogP contribution in [0.4, 0.5) is 0 Å². The molecular weight excluding hydrogens is 412 g/mol. The lowest BCUT2D eigenvalue weighted by Crippen LogP contribution is -2.35. The number of sulfone groups is 1. The molecule has 2 aromatic carbocycles. The summed E-state index contributed by atoms with van der Waals surface area (Å²) in [6.07, 6.45) is 5.71. The third kappa shape index (κ3) is 5.22. The van der Waals surface area contributed by atoms with Crippen LogP contribution in [0.3, 0.4) is 0 Å². The molecule has 1 unspecified atom stereocenters. The van der Waals surface area contributed by atoms with Crippen LogP contribution < -0.4 is 14.8 Å². The summed E-state index contributed by atoms with van der Waals surface area (Å²) >= 11 is 0. The molecule has 7 heteroatoms. The summed E-state index contributed by atoms with van der Waals surface area (Å²) in [6.45, 7) is 4.70. The fourth-order valence-corrected chi connectivity index (χ4v) is 6.10. The first-order valence-corrected chi connectivity index (χ1v) is 12.7. The van der Waals surface area contributed by atoms with Crippen molar-refractivity contribution >= 4 is 9.84 Å². The van der Waals surface area contributed by atoms with Gasteiger partial charge in [0.1, 0.15) is 16.9 Å². The summed E-state index contributed by atoms with van der Waals surface area (Å²) in [5.41, 5.74) is 1.84. The van der Waals surface area contributed by atoms with E-state index >= 15 is 0 Å². The topological polar surface area (TPSA) is 67.9 Å². The first-order valence-electron chi connectivity index (χ1n) is 11.2. The average Bonchev–Trinajstić information content (AvgIpc) is 2.82. The summed E-state index contributed by atoms with van der Waals surface area (Å²) in [5.74, 6) is 1.37. The van der Waals surface area contributed by atoms with E-state index < -0.39 is 15.2 Å². The van der Waals surface area contributed by atoms with Crippen molar-refractivity contribution in [3.63, 3.8) is 0 Å². The monoisotopic (exact) mass is 444 g/mol. The number of ether oxygens (including phenoxy) is 2. The SMILES string of the molecule is COc1ccc(S(=O)(=O)C2NCCc3ccc(OCCCN4CCCCC4)cc32)cc1. The van der Waals surface area contributed by atoms with E-state index in [1.807, 2.05) is 18.2 Å². The van der Waals surface area contributed by atoms with Gasteiger partial charge in [0, 0.05) is 13.1 Å². The summed E-state index contributed by atoms with van der Waals surface area (Å²) in [6, 6.07) is 12.4. The molecule has 1 saturated heterocycles. The molecule has 6 nitrogen and oxygen atoms in total. The van der Waals surface area contributed by atoms with Gasteiger partial charge in [0.15, 0.2) is 9.84 Å². The van der Waals surface area contributed by atoms with Crippen molar-refractivity contribution in [2.75, 3.05) is 39.9 Å². The summed E-state index contributed by atoms with van der Waals surface area (Å²) in [5, 5.41) is 2.42. The largest absolute Gasteiger partial charge is 0.497 e. The number of benzene rings is 2. The lowest BCUT2D eigenvalue weighted by molar-refractivity contribution is 0.205. The third-order valence-corrected chi connectivity index (χ3v) is 8.13. The Hall–Kier alpha value is -2.09. The molecule has 0 saturated carbocycles. The number of likely N-dealkylation sites (tertiary alicyclic amines) is 1. The van der Waals surface area contributed by atoms with Crippen molar-refractivity contribution in [3.05, 3.63) is 53.6 Å². The zero-order valence-corrected chi connectivity index (χ0v) is 19.0. The van der Waals surface area contributed by atoms with E-state index in [0.717, 1.165) is 36.3 Å². The lowest BCUT2D eigenvalue weighted by Gasteiger charge is -2.28. The molecule has 2 aliphatic heterocycles. The third-order valence-electron chi connectivity index (χ3n) is 6.16. The quantitative estimate of drug-likeness (QED) is 0.628. The highest BCUT2D eigenvalue weighted by atomic mass is 32.2. The average molecular weight is 445 g/mol. The maximum absolute atomic E-state index is 13.3. The number of hydrogen-bond donors (Lipinski definition) is 1. The molecule has 1 fully saturated rings. The van der Waals surface area contributed by atoms with Gasteiger partial charge in [-0.05, 0) is 86.3 Å². The molecule has 168 valence electrons. The predicted octanol–water partition coefficient (Wildman–Crippen LogP) is 3.57. The van der Waals surface area contributed by atoms with Crippen LogP contribution in [0.2, 0.25) is 0 Å². The Balaban J connectivity index is 1.45. The molecule has 0 aromatic heterocycles. The van der Waals surface area contributed by atoms with Crippen molar-refractivity contribution in [1.82, 2.24) is 10.2 Å². The molecule has 0 radical (unpaired) electrons. The zero-order valence-electron chi connectivity index (χ0n) is 18.2. The van der Waals surface area contributed by atoms with Gasteiger partial charge in [0.25, 0.3) is 0 Å². The van der Waals surface area contributed by atoms with Gasteiger partial charge < -0.3 is 14.4 Å². The van der Waals surface area contributed by atoms with Crippen LogP contribution in [0, 0.1) is 0 Å². The van der Waals surface area contributed by atoms with E-state index in [-0.39, 0.29) is 4.90 Å². The zero-order chi connectivity index (χ0) is 21.7. The van der Waals surface area contributed by atoms with E-state index in [0.29, 0.717) is 18.9 Å². The maximum Gasteiger partial charge on any atom is 0.198 e. The molecule has 2 aliphatic rings. The molecule has 0 amide bonds. The first-order chi connectivity index (χ1) is 15.1. The first kappa shape index (κ1) is 22.1. The number of nitrogens with one attached hydrogen (secondary N) is 1. The molecule has 0 aliphatic carbocycles. The highest BCUT2D eigenvalue weighted by Gasteiger charge is 2.33. The molecule has 0 bridgehead atoms. The molecule has 0 spiro atoms. The fraction of sp³-hybridized carbons (Fsp3) is 0.500. The minimum Gasteiger partial charge on any atom is -0.497 e. The Morgan fingerprint density at radius 2 is 1.77 bits per heavy atom. The van der Waals surface area contributed by atoms with Gasteiger partial charge in [-0.3, -0.25) is 5.32 Å². The Kier molecular flexibility index (Phi) is 7.15. The van der Waals surface area contributed by atoms with Gasteiger partial charge in [-0.25, -0.2) is 8.42 Å².